The predicted molar refractivity (Wildman–Crippen MR) is 147 cm³/mol. The van der Waals surface area contributed by atoms with E-state index >= 15 is 0 Å². The number of carbonyl (C=O) groups excluding carboxylic acids is 2. The number of fused-ring (bicyclic) bond motifs is 3. The number of hydrogen-bond acceptors (Lipinski definition) is 8. The summed E-state index contributed by atoms with van der Waals surface area (Å²) in [6, 6.07) is 10.1. The number of halogens is 1. The van der Waals surface area contributed by atoms with Crippen molar-refractivity contribution >= 4 is 23.2 Å². The fourth-order valence-electron chi connectivity index (χ4n) is 6.44. The van der Waals surface area contributed by atoms with Gasteiger partial charge in [0.2, 0.25) is 5.82 Å². The van der Waals surface area contributed by atoms with Crippen LogP contribution < -0.4 is 5.73 Å². The Kier molecular flexibility index (Phi) is 5.84. The topological polar surface area (TPSA) is 148 Å². The minimum absolute atomic E-state index is 0.00471. The molecule has 1 aromatic carbocycles. The van der Waals surface area contributed by atoms with E-state index in [0.717, 1.165) is 18.4 Å². The number of nitrogen functional groups attached to an aromatic ring is 1. The Bertz CT molecular complexity index is 1790. The molecule has 0 radical (unpaired) electrons. The molecule has 2 saturated heterocycles. The second kappa shape index (κ2) is 9.58. The third-order valence-corrected chi connectivity index (χ3v) is 8.26. The molecule has 206 valence electrons. The summed E-state index contributed by atoms with van der Waals surface area (Å²) in [6.07, 6.45) is 7.74. The molecular formula is C29H26FN9O2. The molecule has 4 aromatic heterocycles. The van der Waals surface area contributed by atoms with E-state index in [-0.39, 0.29) is 47.2 Å². The van der Waals surface area contributed by atoms with E-state index in [1.54, 1.807) is 36.7 Å². The number of Topliss-reactive ketones (excluding diaryl/α,β-unsaturated/α-hetero) is 1. The number of nitrogens with zero attached hydrogens (tertiary/aromatic N) is 7. The van der Waals surface area contributed by atoms with Gasteiger partial charge in [0.1, 0.15) is 18.0 Å². The normalized spacial score (nSPS) is 20.0. The Labute approximate surface area is 233 Å². The summed E-state index contributed by atoms with van der Waals surface area (Å²) in [5.74, 6) is -0.303. The van der Waals surface area contributed by atoms with Crippen LogP contribution in [-0.4, -0.2) is 63.4 Å². The van der Waals surface area contributed by atoms with Gasteiger partial charge in [-0.1, -0.05) is 18.2 Å². The molecule has 2 aliphatic rings. The zero-order valence-electron chi connectivity index (χ0n) is 22.2. The van der Waals surface area contributed by atoms with Gasteiger partial charge < -0.3 is 15.6 Å². The fourth-order valence-corrected chi connectivity index (χ4v) is 6.44. The molecule has 2 fully saturated rings. The number of ketones is 1. The number of aromatic amines is 1. The molecule has 1 amide bonds. The number of nitrogens with two attached hydrogens (primary N) is 1. The van der Waals surface area contributed by atoms with Crippen LogP contribution >= 0.6 is 0 Å². The lowest BCUT2D eigenvalue weighted by atomic mass is 9.85. The maximum absolute atomic E-state index is 14.3. The lowest BCUT2D eigenvalue weighted by Crippen LogP contribution is -2.46. The van der Waals surface area contributed by atoms with E-state index in [1.807, 2.05) is 11.0 Å². The first kappa shape index (κ1) is 25.0. The van der Waals surface area contributed by atoms with Gasteiger partial charge in [-0.25, -0.2) is 9.37 Å². The number of H-pyrrole nitrogens is 1. The second-order valence-corrected chi connectivity index (χ2v) is 10.6. The summed E-state index contributed by atoms with van der Waals surface area (Å²) >= 11 is 0. The number of nitrogens with one attached hydrogen (secondary N) is 1. The lowest BCUT2D eigenvalue weighted by molar-refractivity contribution is 0.0556. The Morgan fingerprint density at radius 3 is 2.49 bits per heavy atom. The van der Waals surface area contributed by atoms with Crippen molar-refractivity contribution in [3.05, 3.63) is 78.0 Å². The van der Waals surface area contributed by atoms with E-state index < -0.39 is 0 Å². The Morgan fingerprint density at radius 2 is 1.83 bits per heavy atom. The van der Waals surface area contributed by atoms with Crippen molar-refractivity contribution in [3.8, 4) is 22.4 Å². The average molecular weight is 552 g/mol. The third-order valence-electron chi connectivity index (χ3n) is 8.26. The highest BCUT2D eigenvalue weighted by molar-refractivity contribution is 6.00. The number of pyridine rings is 1. The van der Waals surface area contributed by atoms with Crippen molar-refractivity contribution in [1.29, 1.82) is 0 Å². The molecule has 0 saturated carbocycles. The summed E-state index contributed by atoms with van der Waals surface area (Å²) in [5.41, 5.74) is 10.4. The highest BCUT2D eigenvalue weighted by Crippen LogP contribution is 2.45. The molecule has 3 N–H and O–H groups in total. The van der Waals surface area contributed by atoms with Crippen LogP contribution in [0.25, 0.3) is 28.0 Å². The average Bonchev–Trinajstić information content (AvgIpc) is 3.71. The Morgan fingerprint density at radius 1 is 1.05 bits per heavy atom. The number of piperidine rings is 1. The van der Waals surface area contributed by atoms with Gasteiger partial charge in [-0.05, 0) is 50.8 Å². The van der Waals surface area contributed by atoms with Gasteiger partial charge in [0.05, 0.1) is 23.1 Å². The predicted octanol–water partition coefficient (Wildman–Crippen LogP) is 4.05. The van der Waals surface area contributed by atoms with E-state index in [4.69, 9.17) is 10.7 Å². The minimum Gasteiger partial charge on any atom is -0.383 e. The van der Waals surface area contributed by atoms with E-state index in [0.29, 0.717) is 46.6 Å². The number of amides is 1. The maximum Gasteiger partial charge on any atom is 0.292 e. The van der Waals surface area contributed by atoms with Crippen LogP contribution in [0.3, 0.4) is 0 Å². The lowest BCUT2D eigenvalue weighted by Gasteiger charge is -2.38. The molecule has 11 nitrogen and oxygen atoms in total. The van der Waals surface area contributed by atoms with E-state index in [2.05, 4.69) is 25.3 Å². The number of aromatic nitrogens is 7. The number of carbonyl (C=O) groups is 2. The summed E-state index contributed by atoms with van der Waals surface area (Å²) in [6.45, 7) is 1.48. The largest absolute Gasteiger partial charge is 0.383 e. The van der Waals surface area contributed by atoms with Crippen molar-refractivity contribution < 1.29 is 14.0 Å². The molecule has 3 atom stereocenters. The van der Waals surface area contributed by atoms with Crippen LogP contribution in [-0.2, 0) is 0 Å². The van der Waals surface area contributed by atoms with Crippen molar-refractivity contribution in [2.24, 2.45) is 0 Å². The molecule has 0 aliphatic carbocycles. The first-order valence-electron chi connectivity index (χ1n) is 13.5. The van der Waals surface area contributed by atoms with Crippen molar-refractivity contribution in [3.63, 3.8) is 0 Å². The monoisotopic (exact) mass is 551 g/mol. The molecule has 2 bridgehead atoms. The summed E-state index contributed by atoms with van der Waals surface area (Å²) in [7, 11) is 0. The van der Waals surface area contributed by atoms with Crippen LogP contribution in [0.1, 0.15) is 65.2 Å². The minimum atomic E-state index is -0.345. The summed E-state index contributed by atoms with van der Waals surface area (Å²) in [5, 5.41) is 12.1. The van der Waals surface area contributed by atoms with Crippen molar-refractivity contribution in [2.75, 3.05) is 5.73 Å². The molecule has 0 spiro atoms. The maximum atomic E-state index is 14.3. The highest BCUT2D eigenvalue weighted by Gasteiger charge is 2.45. The number of benzene rings is 1. The molecule has 12 heteroatoms. The molecule has 7 rings (SSSR count). The Balaban J connectivity index is 1.26. The molecule has 6 heterocycles. The molecule has 5 aromatic rings. The number of rotatable bonds is 5. The van der Waals surface area contributed by atoms with Crippen LogP contribution in [0.4, 0.5) is 10.2 Å². The quantitative estimate of drug-likeness (QED) is 0.311. The van der Waals surface area contributed by atoms with Gasteiger partial charge in [-0.15, -0.1) is 10.2 Å². The fraction of sp³-hybridized carbons (Fsp3) is 0.276. The summed E-state index contributed by atoms with van der Waals surface area (Å²) < 4.78 is 15.8. The van der Waals surface area contributed by atoms with Gasteiger partial charge in [0.25, 0.3) is 5.91 Å². The van der Waals surface area contributed by atoms with Gasteiger partial charge in [0.15, 0.2) is 11.4 Å². The van der Waals surface area contributed by atoms with E-state index in [9.17, 15) is 14.0 Å². The van der Waals surface area contributed by atoms with Gasteiger partial charge in [0, 0.05) is 40.9 Å². The van der Waals surface area contributed by atoms with Crippen LogP contribution in [0, 0.1) is 5.82 Å². The standard InChI is InChI=1S/C29H26FN9O2/c1-15(40)24-25(17-10-18-7-8-19(11-17)38(18)29(41)27-33-14-34-37-27)36-28-21(13-35-39(28)26(24)31)16-6-9-23(32-12-16)20-4-2-3-5-22(20)30/h2-6,9,12-14,17-19H,7-8,10-11,31H2,1H3,(H,33,34,37)/t17-,18-,19+. The van der Waals surface area contributed by atoms with Gasteiger partial charge in [-0.2, -0.15) is 9.61 Å². The first-order chi connectivity index (χ1) is 19.9. The molecule has 2 aliphatic heterocycles. The number of hydrogen-bond donors (Lipinski definition) is 2. The van der Waals surface area contributed by atoms with Crippen molar-refractivity contribution in [1.82, 2.24) is 39.7 Å². The van der Waals surface area contributed by atoms with Crippen LogP contribution in [0.2, 0.25) is 0 Å². The van der Waals surface area contributed by atoms with Crippen LogP contribution in [0.5, 0.6) is 0 Å². The SMILES string of the molecule is CC(=O)c1c([C@@H]2C[C@H]3CC[C@@H](C2)N3C(=O)c2nnc[nH]2)nc2c(-c3ccc(-c4ccccc4F)nc3)cnn2c1N. The van der Waals surface area contributed by atoms with Gasteiger partial charge >= 0.3 is 0 Å². The zero-order valence-corrected chi connectivity index (χ0v) is 22.2. The second-order valence-electron chi connectivity index (χ2n) is 10.6. The van der Waals surface area contributed by atoms with Crippen molar-refractivity contribution in [2.45, 2.75) is 50.6 Å². The zero-order chi connectivity index (χ0) is 28.2. The van der Waals surface area contributed by atoms with Crippen LogP contribution in [0.15, 0.2) is 55.1 Å². The van der Waals surface area contributed by atoms with Gasteiger partial charge in [-0.3, -0.25) is 14.6 Å². The molecule has 41 heavy (non-hydrogen) atoms. The number of anilines is 1. The molecular weight excluding hydrogens is 525 g/mol. The highest BCUT2D eigenvalue weighted by atomic mass is 19.1. The Hall–Kier alpha value is -5.00. The summed E-state index contributed by atoms with van der Waals surface area (Å²) in [4.78, 5) is 40.2. The third kappa shape index (κ3) is 4.05. The molecule has 0 unspecified atom stereocenters. The first-order valence-corrected chi connectivity index (χ1v) is 13.5. The van der Waals surface area contributed by atoms with E-state index in [1.165, 1.54) is 23.8 Å². The smallest absolute Gasteiger partial charge is 0.292 e.